The molecule has 0 spiro atoms. The van der Waals surface area contributed by atoms with Gasteiger partial charge in [-0.3, -0.25) is 4.98 Å². The van der Waals surface area contributed by atoms with Crippen LogP contribution in [0.15, 0.2) is 30.5 Å². The standard InChI is InChI=1S/C21H24F3N4O2P/c1-11(14-7-6-8-16(19(14)22)21(23,24)12(2)29)26-20-15-9-18(31(4,5)30)25-10-17(15)27-13(3)28-20/h6-12,29H,1-5H3,(H,26,27,28)/t11-,12?/m1/s1. The molecule has 2 N–H and O–H groups in total. The second-order valence-corrected chi connectivity index (χ2v) is 11.1. The number of hydrogen-bond donors (Lipinski definition) is 2. The molecule has 0 amide bonds. The summed E-state index contributed by atoms with van der Waals surface area (Å²) in [6.07, 6.45) is -0.544. The van der Waals surface area contributed by atoms with Gasteiger partial charge in [0.15, 0.2) is 0 Å². The number of nitrogens with one attached hydrogen (secondary N) is 1. The lowest BCUT2D eigenvalue weighted by atomic mass is 9.97. The summed E-state index contributed by atoms with van der Waals surface area (Å²) in [7, 11) is -2.65. The number of aryl methyl sites for hydroxylation is 1. The molecule has 2 atom stereocenters. The van der Waals surface area contributed by atoms with Gasteiger partial charge >= 0.3 is 5.92 Å². The Balaban J connectivity index is 2.06. The molecule has 166 valence electrons. The molecule has 0 saturated carbocycles. The lowest BCUT2D eigenvalue weighted by Crippen LogP contribution is -2.29. The number of benzene rings is 1. The van der Waals surface area contributed by atoms with E-state index >= 15 is 0 Å². The van der Waals surface area contributed by atoms with E-state index in [2.05, 4.69) is 20.3 Å². The van der Waals surface area contributed by atoms with Gasteiger partial charge in [-0.25, -0.2) is 14.4 Å². The molecule has 10 heteroatoms. The summed E-state index contributed by atoms with van der Waals surface area (Å²) in [6, 6.07) is 4.55. The highest BCUT2D eigenvalue weighted by atomic mass is 31.2. The fourth-order valence-corrected chi connectivity index (χ4v) is 3.97. The summed E-state index contributed by atoms with van der Waals surface area (Å²) in [6.45, 7) is 7.39. The zero-order valence-corrected chi connectivity index (χ0v) is 18.7. The van der Waals surface area contributed by atoms with Crippen molar-refractivity contribution in [1.29, 1.82) is 0 Å². The van der Waals surface area contributed by atoms with E-state index in [0.717, 1.165) is 13.0 Å². The Morgan fingerprint density at radius 3 is 2.48 bits per heavy atom. The van der Waals surface area contributed by atoms with E-state index in [1.807, 2.05) is 0 Å². The van der Waals surface area contributed by atoms with Gasteiger partial charge in [0.2, 0.25) is 0 Å². The Kier molecular flexibility index (Phi) is 6.13. The first-order chi connectivity index (χ1) is 14.3. The quantitative estimate of drug-likeness (QED) is 0.540. The topological polar surface area (TPSA) is 88.0 Å². The average Bonchev–Trinajstić information content (AvgIpc) is 2.66. The van der Waals surface area contributed by atoms with E-state index in [1.165, 1.54) is 18.3 Å². The minimum Gasteiger partial charge on any atom is -0.387 e. The molecule has 0 bridgehead atoms. The first-order valence-corrected chi connectivity index (χ1v) is 12.2. The minimum atomic E-state index is -3.73. The molecule has 0 aliphatic heterocycles. The van der Waals surface area contributed by atoms with Gasteiger partial charge in [0.25, 0.3) is 0 Å². The Labute approximate surface area is 178 Å². The molecular weight excluding hydrogens is 428 g/mol. The molecule has 31 heavy (non-hydrogen) atoms. The molecule has 2 aromatic heterocycles. The van der Waals surface area contributed by atoms with Crippen molar-refractivity contribution in [3.05, 3.63) is 53.2 Å². The Hall–Kier alpha value is -2.51. The second-order valence-electron chi connectivity index (χ2n) is 7.90. The number of aromatic nitrogens is 3. The van der Waals surface area contributed by atoms with E-state index in [0.29, 0.717) is 28.0 Å². The molecule has 0 fully saturated rings. The number of fused-ring (bicyclic) bond motifs is 1. The predicted octanol–water partition coefficient (Wildman–Crippen LogP) is 4.37. The minimum absolute atomic E-state index is 0.00632. The molecule has 1 unspecified atom stereocenters. The molecule has 2 heterocycles. The molecule has 0 radical (unpaired) electrons. The molecule has 3 aromatic rings. The zero-order chi connectivity index (χ0) is 23.1. The largest absolute Gasteiger partial charge is 0.387 e. The van der Waals surface area contributed by atoms with Crippen molar-refractivity contribution < 1.29 is 22.8 Å². The monoisotopic (exact) mass is 452 g/mol. The van der Waals surface area contributed by atoms with Gasteiger partial charge in [-0.15, -0.1) is 0 Å². The first kappa shape index (κ1) is 23.2. The number of halogens is 3. The van der Waals surface area contributed by atoms with Crippen molar-refractivity contribution in [2.45, 2.75) is 38.8 Å². The molecule has 0 aliphatic rings. The smallest absolute Gasteiger partial charge is 0.301 e. The van der Waals surface area contributed by atoms with E-state index < -0.39 is 36.6 Å². The fraction of sp³-hybridized carbons (Fsp3) is 0.381. The van der Waals surface area contributed by atoms with Crippen LogP contribution in [0.1, 0.15) is 36.8 Å². The van der Waals surface area contributed by atoms with Crippen LogP contribution in [-0.2, 0) is 10.5 Å². The Morgan fingerprint density at radius 1 is 1.19 bits per heavy atom. The number of aliphatic hydroxyl groups is 1. The van der Waals surface area contributed by atoms with Gasteiger partial charge in [0.05, 0.1) is 23.3 Å². The number of hydrogen-bond acceptors (Lipinski definition) is 6. The van der Waals surface area contributed by atoms with Crippen LogP contribution in [0.25, 0.3) is 10.9 Å². The van der Waals surface area contributed by atoms with Gasteiger partial charge in [-0.1, -0.05) is 12.1 Å². The molecular formula is C21H24F3N4O2P. The van der Waals surface area contributed by atoms with Gasteiger partial charge in [0, 0.05) is 10.9 Å². The van der Waals surface area contributed by atoms with Crippen LogP contribution in [0, 0.1) is 12.7 Å². The predicted molar refractivity (Wildman–Crippen MR) is 115 cm³/mol. The maximum Gasteiger partial charge on any atom is 0.301 e. The van der Waals surface area contributed by atoms with E-state index in [9.17, 15) is 22.8 Å². The number of alkyl halides is 2. The average molecular weight is 452 g/mol. The van der Waals surface area contributed by atoms with Gasteiger partial charge in [-0.05, 0) is 46.2 Å². The second kappa shape index (κ2) is 8.20. The van der Waals surface area contributed by atoms with Crippen molar-refractivity contribution in [2.75, 3.05) is 18.6 Å². The molecule has 0 saturated heterocycles. The SMILES string of the molecule is Cc1nc(N[C@H](C)c2cccc(C(F)(F)C(C)O)c2F)c2cc(P(C)(C)=O)ncc2n1. The maximum atomic E-state index is 15.0. The number of aliphatic hydroxyl groups excluding tert-OH is 1. The van der Waals surface area contributed by atoms with E-state index in [4.69, 9.17) is 0 Å². The fourth-order valence-electron chi connectivity index (χ4n) is 3.19. The van der Waals surface area contributed by atoms with Crippen molar-refractivity contribution >= 4 is 29.3 Å². The zero-order valence-electron chi connectivity index (χ0n) is 17.8. The van der Waals surface area contributed by atoms with Gasteiger partial charge in [0.1, 0.15) is 36.1 Å². The van der Waals surface area contributed by atoms with Crippen LogP contribution in [-0.4, -0.2) is 39.5 Å². The van der Waals surface area contributed by atoms with Crippen LogP contribution in [0.5, 0.6) is 0 Å². The van der Waals surface area contributed by atoms with Crippen LogP contribution in [0.3, 0.4) is 0 Å². The molecule has 3 rings (SSSR count). The summed E-state index contributed by atoms with van der Waals surface area (Å²) in [5, 5.41) is 13.0. The third-order valence-corrected chi connectivity index (χ3v) is 6.31. The number of nitrogens with zero attached hydrogens (tertiary/aromatic N) is 3. The van der Waals surface area contributed by atoms with Crippen LogP contribution < -0.4 is 10.8 Å². The summed E-state index contributed by atoms with van der Waals surface area (Å²) < 4.78 is 56.0. The van der Waals surface area contributed by atoms with Crippen LogP contribution in [0.4, 0.5) is 19.0 Å². The Morgan fingerprint density at radius 2 is 1.87 bits per heavy atom. The van der Waals surface area contributed by atoms with Crippen molar-refractivity contribution in [3.8, 4) is 0 Å². The molecule has 1 aromatic carbocycles. The highest BCUT2D eigenvalue weighted by Crippen LogP contribution is 2.37. The van der Waals surface area contributed by atoms with E-state index in [-0.39, 0.29) is 5.56 Å². The van der Waals surface area contributed by atoms with Gasteiger partial charge in [-0.2, -0.15) is 8.78 Å². The van der Waals surface area contributed by atoms with Crippen LogP contribution >= 0.6 is 7.14 Å². The maximum absolute atomic E-state index is 15.0. The van der Waals surface area contributed by atoms with Crippen molar-refractivity contribution in [1.82, 2.24) is 15.0 Å². The highest BCUT2D eigenvalue weighted by molar-refractivity contribution is 7.69. The lowest BCUT2D eigenvalue weighted by Gasteiger charge is -2.23. The number of pyridine rings is 1. The lowest BCUT2D eigenvalue weighted by molar-refractivity contribution is -0.108. The molecule has 6 nitrogen and oxygen atoms in total. The summed E-state index contributed by atoms with van der Waals surface area (Å²) in [4.78, 5) is 12.9. The van der Waals surface area contributed by atoms with Crippen LogP contribution in [0.2, 0.25) is 0 Å². The summed E-state index contributed by atoms with van der Waals surface area (Å²) in [5.74, 6) is -4.05. The summed E-state index contributed by atoms with van der Waals surface area (Å²) >= 11 is 0. The van der Waals surface area contributed by atoms with Crippen molar-refractivity contribution in [2.24, 2.45) is 0 Å². The van der Waals surface area contributed by atoms with E-state index in [1.54, 1.807) is 33.2 Å². The van der Waals surface area contributed by atoms with Gasteiger partial charge < -0.3 is 15.0 Å². The summed E-state index contributed by atoms with van der Waals surface area (Å²) in [5.41, 5.74) is 0.0251. The normalized spacial score (nSPS) is 14.5. The number of rotatable bonds is 6. The first-order valence-electron chi connectivity index (χ1n) is 9.63. The highest BCUT2D eigenvalue weighted by Gasteiger charge is 2.40. The third kappa shape index (κ3) is 4.57. The molecule has 0 aliphatic carbocycles. The Bertz CT molecular complexity index is 1180. The number of anilines is 1. The van der Waals surface area contributed by atoms with Crippen molar-refractivity contribution in [3.63, 3.8) is 0 Å². The third-order valence-electron chi connectivity index (χ3n) is 4.96.